The van der Waals surface area contributed by atoms with Gasteiger partial charge in [-0.15, -0.1) is 0 Å². The lowest BCUT2D eigenvalue weighted by atomic mass is 10.1. The van der Waals surface area contributed by atoms with Crippen molar-refractivity contribution in [3.63, 3.8) is 0 Å². The minimum atomic E-state index is 0.0580. The molecule has 0 amide bonds. The van der Waals surface area contributed by atoms with Crippen LogP contribution in [0.25, 0.3) is 0 Å². The maximum atomic E-state index is 5.81. The van der Waals surface area contributed by atoms with Crippen LogP contribution in [0.1, 0.15) is 23.0 Å². The smallest absolute Gasteiger partial charge is 0.145 e. The van der Waals surface area contributed by atoms with E-state index >= 15 is 0 Å². The minimum absolute atomic E-state index is 0.0580. The van der Waals surface area contributed by atoms with Crippen LogP contribution in [0.2, 0.25) is 0 Å². The molecule has 2 rings (SSSR count). The Morgan fingerprint density at radius 3 is 2.50 bits per heavy atom. The van der Waals surface area contributed by atoms with Gasteiger partial charge in [0.15, 0.2) is 0 Å². The van der Waals surface area contributed by atoms with Crippen molar-refractivity contribution in [2.75, 3.05) is 11.9 Å². The van der Waals surface area contributed by atoms with Gasteiger partial charge in [0.1, 0.15) is 5.82 Å². The van der Waals surface area contributed by atoms with Crippen molar-refractivity contribution in [2.45, 2.75) is 19.9 Å². The van der Waals surface area contributed by atoms with Gasteiger partial charge in [0.25, 0.3) is 0 Å². The van der Waals surface area contributed by atoms with Crippen molar-refractivity contribution in [3.8, 4) is 0 Å². The summed E-state index contributed by atoms with van der Waals surface area (Å²) in [5.41, 5.74) is 8.85. The summed E-state index contributed by atoms with van der Waals surface area (Å²) in [7, 11) is 0. The number of hydrogen-bond donors (Lipinski definition) is 2. The molecule has 4 nitrogen and oxygen atoms in total. The van der Waals surface area contributed by atoms with Crippen LogP contribution >= 0.6 is 0 Å². The molecule has 0 aliphatic carbocycles. The second-order valence-electron chi connectivity index (χ2n) is 4.27. The van der Waals surface area contributed by atoms with Crippen molar-refractivity contribution in [1.29, 1.82) is 0 Å². The van der Waals surface area contributed by atoms with Crippen molar-refractivity contribution >= 4 is 5.82 Å². The topological polar surface area (TPSA) is 63.8 Å². The number of benzene rings is 1. The summed E-state index contributed by atoms with van der Waals surface area (Å²) in [4.78, 5) is 8.75. The highest BCUT2D eigenvalue weighted by Crippen LogP contribution is 2.17. The van der Waals surface area contributed by atoms with Crippen molar-refractivity contribution < 1.29 is 0 Å². The fourth-order valence-electron chi connectivity index (χ4n) is 1.75. The molecule has 1 aromatic heterocycles. The highest BCUT2D eigenvalue weighted by molar-refractivity contribution is 5.38. The quantitative estimate of drug-likeness (QED) is 0.862. The van der Waals surface area contributed by atoms with E-state index in [1.165, 1.54) is 0 Å². The van der Waals surface area contributed by atoms with Crippen LogP contribution in [-0.2, 0) is 0 Å². The fraction of sp³-hybridized carbons (Fsp3) is 0.286. The van der Waals surface area contributed by atoms with Gasteiger partial charge in [-0.1, -0.05) is 30.3 Å². The van der Waals surface area contributed by atoms with E-state index in [1.807, 2.05) is 32.0 Å². The van der Waals surface area contributed by atoms with E-state index in [2.05, 4.69) is 27.4 Å². The average molecular weight is 242 g/mol. The molecule has 4 heteroatoms. The predicted molar refractivity (Wildman–Crippen MR) is 73.4 cm³/mol. The summed E-state index contributed by atoms with van der Waals surface area (Å²) in [5.74, 6) is 0.761. The van der Waals surface area contributed by atoms with Crippen molar-refractivity contribution in [3.05, 3.63) is 53.5 Å². The van der Waals surface area contributed by atoms with Crippen molar-refractivity contribution in [1.82, 2.24) is 9.97 Å². The van der Waals surface area contributed by atoms with Gasteiger partial charge in [-0.25, -0.2) is 4.98 Å². The predicted octanol–water partition coefficient (Wildman–Crippen LogP) is 2.21. The van der Waals surface area contributed by atoms with Gasteiger partial charge in [0, 0.05) is 6.54 Å². The standard InChI is InChI=1S/C14H18N4/c1-10-11(2)17-14(9-16-10)18-13(8-15)12-6-4-3-5-7-12/h3-7,9,13H,8,15H2,1-2H3,(H,17,18). The number of anilines is 1. The Morgan fingerprint density at radius 2 is 1.89 bits per heavy atom. The Kier molecular flexibility index (Phi) is 3.89. The summed E-state index contributed by atoms with van der Waals surface area (Å²) in [6, 6.07) is 10.2. The SMILES string of the molecule is Cc1ncc(NC(CN)c2ccccc2)nc1C. The molecule has 1 heterocycles. The van der Waals surface area contributed by atoms with Crippen LogP contribution in [0, 0.1) is 13.8 Å². The summed E-state index contributed by atoms with van der Waals surface area (Å²) >= 11 is 0. The van der Waals surface area contributed by atoms with E-state index in [9.17, 15) is 0 Å². The van der Waals surface area contributed by atoms with Gasteiger partial charge in [-0.2, -0.15) is 0 Å². The lowest BCUT2D eigenvalue weighted by Crippen LogP contribution is -2.21. The van der Waals surface area contributed by atoms with E-state index in [0.29, 0.717) is 6.54 Å². The molecular weight excluding hydrogens is 224 g/mol. The highest BCUT2D eigenvalue weighted by atomic mass is 15.0. The monoisotopic (exact) mass is 242 g/mol. The van der Waals surface area contributed by atoms with Crippen LogP contribution in [0.3, 0.4) is 0 Å². The summed E-state index contributed by atoms with van der Waals surface area (Å²) in [5, 5.41) is 3.31. The third-order valence-corrected chi connectivity index (χ3v) is 2.95. The van der Waals surface area contributed by atoms with Gasteiger partial charge in [-0.3, -0.25) is 4.98 Å². The first kappa shape index (κ1) is 12.5. The summed E-state index contributed by atoms with van der Waals surface area (Å²) in [6.45, 7) is 4.41. The molecular formula is C14H18N4. The normalized spacial score (nSPS) is 12.2. The molecule has 18 heavy (non-hydrogen) atoms. The molecule has 0 fully saturated rings. The first-order valence-electron chi connectivity index (χ1n) is 6.02. The lowest BCUT2D eigenvalue weighted by molar-refractivity contribution is 0.780. The molecule has 0 bridgehead atoms. The molecule has 0 saturated heterocycles. The average Bonchev–Trinajstić information content (AvgIpc) is 2.41. The molecule has 1 atom stereocenters. The zero-order valence-electron chi connectivity index (χ0n) is 10.7. The maximum Gasteiger partial charge on any atom is 0.145 e. The van der Waals surface area contributed by atoms with E-state index in [-0.39, 0.29) is 6.04 Å². The van der Waals surface area contributed by atoms with Gasteiger partial charge >= 0.3 is 0 Å². The third-order valence-electron chi connectivity index (χ3n) is 2.95. The Balaban J connectivity index is 2.18. The van der Waals surface area contributed by atoms with Crippen molar-refractivity contribution in [2.24, 2.45) is 5.73 Å². The molecule has 2 aromatic rings. The zero-order valence-corrected chi connectivity index (χ0v) is 10.7. The van der Waals surface area contributed by atoms with Crippen LogP contribution < -0.4 is 11.1 Å². The Hall–Kier alpha value is -1.94. The number of nitrogens with zero attached hydrogens (tertiary/aromatic N) is 2. The zero-order chi connectivity index (χ0) is 13.0. The van der Waals surface area contributed by atoms with Gasteiger partial charge in [0.2, 0.25) is 0 Å². The minimum Gasteiger partial charge on any atom is -0.361 e. The van der Waals surface area contributed by atoms with Gasteiger partial charge in [0.05, 0.1) is 23.6 Å². The molecule has 0 spiro atoms. The summed E-state index contributed by atoms with van der Waals surface area (Å²) < 4.78 is 0. The Labute approximate surface area is 107 Å². The second kappa shape index (κ2) is 5.60. The molecule has 1 aromatic carbocycles. The molecule has 94 valence electrons. The van der Waals surface area contributed by atoms with Crippen LogP contribution in [0.5, 0.6) is 0 Å². The van der Waals surface area contributed by atoms with Crippen LogP contribution in [0.15, 0.2) is 36.5 Å². The fourth-order valence-corrected chi connectivity index (χ4v) is 1.75. The first-order chi connectivity index (χ1) is 8.70. The molecule has 0 aliphatic heterocycles. The van der Waals surface area contributed by atoms with E-state index in [4.69, 9.17) is 5.73 Å². The van der Waals surface area contributed by atoms with Gasteiger partial charge < -0.3 is 11.1 Å². The third kappa shape index (κ3) is 2.84. The number of hydrogen-bond acceptors (Lipinski definition) is 4. The van der Waals surface area contributed by atoms with Crippen LogP contribution in [-0.4, -0.2) is 16.5 Å². The van der Waals surface area contributed by atoms with E-state index < -0.39 is 0 Å². The summed E-state index contributed by atoms with van der Waals surface area (Å²) in [6.07, 6.45) is 1.74. The number of aromatic nitrogens is 2. The van der Waals surface area contributed by atoms with Gasteiger partial charge in [-0.05, 0) is 19.4 Å². The molecule has 0 radical (unpaired) electrons. The molecule has 3 N–H and O–H groups in total. The Morgan fingerprint density at radius 1 is 1.17 bits per heavy atom. The number of rotatable bonds is 4. The largest absolute Gasteiger partial charge is 0.361 e. The van der Waals surface area contributed by atoms with Crippen LogP contribution in [0.4, 0.5) is 5.82 Å². The maximum absolute atomic E-state index is 5.81. The number of nitrogens with one attached hydrogen (secondary N) is 1. The number of nitrogens with two attached hydrogens (primary N) is 1. The van der Waals surface area contributed by atoms with E-state index in [0.717, 1.165) is 22.8 Å². The molecule has 0 saturated carbocycles. The molecule has 1 unspecified atom stereocenters. The highest BCUT2D eigenvalue weighted by Gasteiger charge is 2.10. The first-order valence-corrected chi connectivity index (χ1v) is 6.02. The molecule has 0 aliphatic rings. The number of aryl methyl sites for hydroxylation is 2. The second-order valence-corrected chi connectivity index (χ2v) is 4.27. The lowest BCUT2D eigenvalue weighted by Gasteiger charge is -2.18. The Bertz CT molecular complexity index is 510. The van der Waals surface area contributed by atoms with E-state index in [1.54, 1.807) is 6.20 Å².